The number of aromatic carboxylic acids is 1. The highest BCUT2D eigenvalue weighted by atomic mass is 19.1. The van der Waals surface area contributed by atoms with E-state index in [0.717, 1.165) is 6.07 Å². The summed E-state index contributed by atoms with van der Waals surface area (Å²) >= 11 is 0. The van der Waals surface area contributed by atoms with E-state index in [9.17, 15) is 18.8 Å². The molecule has 7 heteroatoms. The van der Waals surface area contributed by atoms with Gasteiger partial charge in [-0.2, -0.15) is 0 Å². The minimum absolute atomic E-state index is 0.256. The third-order valence-electron chi connectivity index (χ3n) is 3.27. The molecule has 1 aliphatic heterocycles. The molecule has 0 atom stereocenters. The number of nitrogens with one attached hydrogen (secondary N) is 1. The Kier molecular flexibility index (Phi) is 3.21. The van der Waals surface area contributed by atoms with E-state index in [2.05, 4.69) is 5.32 Å². The molecule has 2 amide bonds. The molecule has 1 saturated heterocycles. The molecule has 0 aromatic heterocycles. The largest absolute Gasteiger partial charge is 0.478 e. The zero-order valence-electron chi connectivity index (χ0n) is 10.9. The van der Waals surface area contributed by atoms with E-state index in [1.54, 1.807) is 0 Å². The van der Waals surface area contributed by atoms with Crippen molar-refractivity contribution in [3.05, 3.63) is 29.6 Å². The molecule has 0 saturated carbocycles. The van der Waals surface area contributed by atoms with E-state index >= 15 is 0 Å². The van der Waals surface area contributed by atoms with Crippen molar-refractivity contribution < 1.29 is 23.9 Å². The van der Waals surface area contributed by atoms with E-state index < -0.39 is 29.1 Å². The second-order valence-corrected chi connectivity index (χ2v) is 4.96. The zero-order chi connectivity index (χ0) is 15.1. The first-order valence-corrected chi connectivity index (χ1v) is 5.89. The topological polar surface area (TPSA) is 86.7 Å². The second-order valence-electron chi connectivity index (χ2n) is 4.96. The lowest BCUT2D eigenvalue weighted by atomic mass is 9.96. The van der Waals surface area contributed by atoms with Gasteiger partial charge in [-0.3, -0.25) is 14.9 Å². The molecule has 2 rings (SSSR count). The van der Waals surface area contributed by atoms with Gasteiger partial charge in [0.1, 0.15) is 11.4 Å². The Hall–Kier alpha value is -2.44. The van der Waals surface area contributed by atoms with Gasteiger partial charge in [0.2, 0.25) is 5.91 Å². The number of amides is 2. The van der Waals surface area contributed by atoms with Crippen molar-refractivity contribution >= 4 is 23.5 Å². The highest BCUT2D eigenvalue weighted by molar-refractivity contribution is 6.08. The first-order chi connectivity index (χ1) is 9.25. The number of anilines is 1. The molecule has 0 aliphatic carbocycles. The van der Waals surface area contributed by atoms with Crippen LogP contribution in [-0.4, -0.2) is 35.0 Å². The predicted molar refractivity (Wildman–Crippen MR) is 67.9 cm³/mol. The first kappa shape index (κ1) is 14.0. The Bertz CT molecular complexity index is 612. The number of carbonyl (C=O) groups is 3. The molecule has 2 N–H and O–H groups in total. The smallest absolute Gasteiger partial charge is 0.337 e. The van der Waals surface area contributed by atoms with Crippen LogP contribution < -0.4 is 10.2 Å². The lowest BCUT2D eigenvalue weighted by Crippen LogP contribution is -2.64. The van der Waals surface area contributed by atoms with Crippen LogP contribution in [0.4, 0.5) is 10.1 Å². The number of carbonyl (C=O) groups excluding carboxylic acids is 2. The standard InChI is InChI=1S/C13H13FN2O4/c1-13(2)12(20)15-9(17)6-16(13)10-7(11(18)19)4-3-5-8(10)14/h3-5H,6H2,1-2H3,(H,18,19)(H,15,17,20). The van der Waals surface area contributed by atoms with E-state index in [1.165, 1.54) is 30.9 Å². The van der Waals surface area contributed by atoms with Gasteiger partial charge in [-0.25, -0.2) is 9.18 Å². The fraction of sp³-hybridized carbons (Fsp3) is 0.308. The van der Waals surface area contributed by atoms with Gasteiger partial charge in [0, 0.05) is 0 Å². The Morgan fingerprint density at radius 1 is 1.40 bits per heavy atom. The zero-order valence-corrected chi connectivity index (χ0v) is 10.9. The average Bonchev–Trinajstić information content (AvgIpc) is 2.34. The number of hydrogen-bond acceptors (Lipinski definition) is 4. The fourth-order valence-electron chi connectivity index (χ4n) is 2.10. The van der Waals surface area contributed by atoms with Gasteiger partial charge >= 0.3 is 5.97 Å². The van der Waals surface area contributed by atoms with Crippen LogP contribution in [0.15, 0.2) is 18.2 Å². The number of rotatable bonds is 2. The third kappa shape index (κ3) is 2.11. The second kappa shape index (κ2) is 4.59. The Morgan fingerprint density at radius 2 is 2.05 bits per heavy atom. The predicted octanol–water partition coefficient (Wildman–Crippen LogP) is 0.765. The molecule has 106 valence electrons. The maximum Gasteiger partial charge on any atom is 0.337 e. The molecule has 1 aliphatic rings. The number of imide groups is 1. The van der Waals surface area contributed by atoms with Gasteiger partial charge in [-0.1, -0.05) is 6.07 Å². The number of halogens is 1. The van der Waals surface area contributed by atoms with Crippen molar-refractivity contribution in [2.45, 2.75) is 19.4 Å². The molecule has 6 nitrogen and oxygen atoms in total. The summed E-state index contributed by atoms with van der Waals surface area (Å²) in [6.45, 7) is 2.69. The van der Waals surface area contributed by atoms with E-state index in [4.69, 9.17) is 5.11 Å². The van der Waals surface area contributed by atoms with Gasteiger partial charge in [0.15, 0.2) is 0 Å². The average molecular weight is 280 g/mol. The van der Waals surface area contributed by atoms with Crippen LogP contribution in [0.3, 0.4) is 0 Å². The van der Waals surface area contributed by atoms with Crippen molar-refractivity contribution in [2.75, 3.05) is 11.4 Å². The van der Waals surface area contributed by atoms with E-state index in [0.29, 0.717) is 0 Å². The van der Waals surface area contributed by atoms with Crippen LogP contribution in [0, 0.1) is 5.82 Å². The van der Waals surface area contributed by atoms with Crippen molar-refractivity contribution in [2.24, 2.45) is 0 Å². The highest BCUT2D eigenvalue weighted by Crippen LogP contribution is 2.32. The molecule has 1 aromatic rings. The van der Waals surface area contributed by atoms with Crippen molar-refractivity contribution in [1.29, 1.82) is 0 Å². The summed E-state index contributed by atoms with van der Waals surface area (Å²) in [6.07, 6.45) is 0. The number of piperazine rings is 1. The molecule has 0 spiro atoms. The molecule has 1 aromatic carbocycles. The van der Waals surface area contributed by atoms with E-state index in [1.807, 2.05) is 0 Å². The van der Waals surface area contributed by atoms with Gasteiger partial charge in [0.05, 0.1) is 17.8 Å². The molecular weight excluding hydrogens is 267 g/mol. The van der Waals surface area contributed by atoms with Gasteiger partial charge < -0.3 is 10.0 Å². The lowest BCUT2D eigenvalue weighted by molar-refractivity contribution is -0.135. The fourth-order valence-corrected chi connectivity index (χ4v) is 2.10. The van der Waals surface area contributed by atoms with E-state index in [-0.39, 0.29) is 17.8 Å². The lowest BCUT2D eigenvalue weighted by Gasteiger charge is -2.42. The number of benzene rings is 1. The Morgan fingerprint density at radius 3 is 2.65 bits per heavy atom. The summed E-state index contributed by atoms with van der Waals surface area (Å²) in [6, 6.07) is 3.59. The van der Waals surface area contributed by atoms with Crippen LogP contribution in [0.2, 0.25) is 0 Å². The van der Waals surface area contributed by atoms with Gasteiger partial charge in [-0.05, 0) is 26.0 Å². The summed E-state index contributed by atoms with van der Waals surface area (Å²) in [5.41, 5.74) is -1.78. The quantitative estimate of drug-likeness (QED) is 0.781. The normalized spacial score (nSPS) is 17.9. The maximum absolute atomic E-state index is 14.0. The van der Waals surface area contributed by atoms with Crippen LogP contribution in [0.5, 0.6) is 0 Å². The monoisotopic (exact) mass is 280 g/mol. The van der Waals surface area contributed by atoms with Crippen molar-refractivity contribution in [1.82, 2.24) is 5.32 Å². The minimum Gasteiger partial charge on any atom is -0.478 e. The minimum atomic E-state index is -1.33. The van der Waals surface area contributed by atoms with Crippen LogP contribution in [-0.2, 0) is 9.59 Å². The molecule has 1 heterocycles. The summed E-state index contributed by atoms with van der Waals surface area (Å²) < 4.78 is 14.0. The molecule has 0 radical (unpaired) electrons. The molecule has 0 unspecified atom stereocenters. The summed E-state index contributed by atoms with van der Waals surface area (Å²) in [5.74, 6) is -3.32. The van der Waals surface area contributed by atoms with Crippen LogP contribution in [0.25, 0.3) is 0 Å². The third-order valence-corrected chi connectivity index (χ3v) is 3.27. The van der Waals surface area contributed by atoms with Gasteiger partial charge in [0.25, 0.3) is 5.91 Å². The van der Waals surface area contributed by atoms with Crippen LogP contribution >= 0.6 is 0 Å². The number of carboxylic acid groups (broad SMARTS) is 1. The summed E-state index contributed by atoms with van der Waals surface area (Å²) in [7, 11) is 0. The summed E-state index contributed by atoms with van der Waals surface area (Å²) in [5, 5.41) is 11.3. The van der Waals surface area contributed by atoms with Gasteiger partial charge in [-0.15, -0.1) is 0 Å². The van der Waals surface area contributed by atoms with Crippen molar-refractivity contribution in [3.8, 4) is 0 Å². The Balaban J connectivity index is 2.63. The first-order valence-electron chi connectivity index (χ1n) is 5.89. The molecule has 20 heavy (non-hydrogen) atoms. The molecule has 1 fully saturated rings. The molecular formula is C13H13FN2O4. The van der Waals surface area contributed by atoms with Crippen LogP contribution in [0.1, 0.15) is 24.2 Å². The highest BCUT2D eigenvalue weighted by Gasteiger charge is 2.43. The maximum atomic E-state index is 14.0. The molecule has 0 bridgehead atoms. The Labute approximate surface area is 114 Å². The SMILES string of the molecule is CC1(C)C(=O)NC(=O)CN1c1c(F)cccc1C(=O)O. The number of nitrogens with zero attached hydrogens (tertiary/aromatic N) is 1. The number of para-hydroxylation sites is 1. The number of carboxylic acids is 1. The number of hydrogen-bond donors (Lipinski definition) is 2. The summed E-state index contributed by atoms with van der Waals surface area (Å²) in [4.78, 5) is 35.7. The van der Waals surface area contributed by atoms with Crippen molar-refractivity contribution in [3.63, 3.8) is 0 Å².